The van der Waals surface area contributed by atoms with Gasteiger partial charge in [-0.15, -0.1) is 0 Å². The van der Waals surface area contributed by atoms with Gasteiger partial charge in [-0.1, -0.05) is 23.2 Å². The molecule has 2 aromatic rings. The van der Waals surface area contributed by atoms with Gasteiger partial charge in [-0.2, -0.15) is 0 Å². The van der Waals surface area contributed by atoms with Gasteiger partial charge >= 0.3 is 0 Å². The first kappa shape index (κ1) is 21.1. The summed E-state index contributed by atoms with van der Waals surface area (Å²) in [4.78, 5) is 25.4. The Morgan fingerprint density at radius 2 is 1.67 bits per heavy atom. The normalized spacial score (nSPS) is 10.7. The summed E-state index contributed by atoms with van der Waals surface area (Å²) in [6.45, 7) is 0.187. The number of nitrogens with one attached hydrogen (secondary N) is 2. The van der Waals surface area contributed by atoms with Gasteiger partial charge < -0.3 is 10.6 Å². The number of carbonyl (C=O) groups excluding carboxylic acids is 2. The molecule has 2 rings (SSSR count). The molecule has 0 unspecified atom stereocenters. The molecule has 0 aliphatic heterocycles. The van der Waals surface area contributed by atoms with Crippen molar-refractivity contribution in [3.8, 4) is 0 Å². The molecule has 0 aliphatic carbocycles. The molecule has 0 saturated carbocycles. The minimum absolute atomic E-state index is 0.0442. The molecule has 2 amide bonds. The molecule has 5 nitrogen and oxygen atoms in total. The molecule has 27 heavy (non-hydrogen) atoms. The third kappa shape index (κ3) is 7.13. The number of likely N-dealkylation sites (N-methyl/N-ethyl adjacent to an activating group) is 1. The van der Waals surface area contributed by atoms with Crippen LogP contribution in [0.15, 0.2) is 36.4 Å². The summed E-state index contributed by atoms with van der Waals surface area (Å²) in [5.74, 6) is -3.00. The number of hydrogen-bond donors (Lipinski definition) is 2. The summed E-state index contributed by atoms with van der Waals surface area (Å²) in [6, 6.07) is 8.10. The van der Waals surface area contributed by atoms with Crippen molar-refractivity contribution in [1.82, 2.24) is 10.2 Å². The van der Waals surface area contributed by atoms with E-state index in [0.717, 1.165) is 17.7 Å². The number of amides is 2. The molecule has 144 valence electrons. The van der Waals surface area contributed by atoms with Crippen molar-refractivity contribution in [2.24, 2.45) is 0 Å². The molecule has 0 spiro atoms. The third-order valence-corrected chi connectivity index (χ3v) is 3.87. The van der Waals surface area contributed by atoms with Gasteiger partial charge in [-0.25, -0.2) is 8.78 Å². The molecule has 0 atom stereocenters. The second kappa shape index (κ2) is 9.64. The lowest BCUT2D eigenvalue weighted by Gasteiger charge is -2.16. The van der Waals surface area contributed by atoms with Gasteiger partial charge in [0.1, 0.15) is 0 Å². The third-order valence-electron chi connectivity index (χ3n) is 3.44. The highest BCUT2D eigenvalue weighted by molar-refractivity contribution is 6.34. The van der Waals surface area contributed by atoms with Crippen LogP contribution >= 0.6 is 23.2 Å². The summed E-state index contributed by atoms with van der Waals surface area (Å²) in [7, 11) is 1.73. The van der Waals surface area contributed by atoms with Crippen LogP contribution in [0, 0.1) is 11.6 Å². The molecule has 2 N–H and O–H groups in total. The van der Waals surface area contributed by atoms with Gasteiger partial charge in [-0.05, 0) is 42.9 Å². The molecule has 0 bridgehead atoms. The van der Waals surface area contributed by atoms with E-state index in [2.05, 4.69) is 10.6 Å². The Balaban J connectivity index is 1.77. The van der Waals surface area contributed by atoms with Crippen LogP contribution in [0.5, 0.6) is 0 Å². The van der Waals surface area contributed by atoms with Crippen LogP contribution in [0.1, 0.15) is 5.56 Å². The summed E-state index contributed by atoms with van der Waals surface area (Å²) in [6.07, 6.45) is 0. The largest absolute Gasteiger partial charge is 0.346 e. The predicted molar refractivity (Wildman–Crippen MR) is 101 cm³/mol. The molecule has 0 fully saturated rings. The SMILES string of the molecule is CN(CC(=O)NCC(=O)Nc1ccc(F)c(F)c1)Cc1cc(Cl)cc(Cl)c1. The summed E-state index contributed by atoms with van der Waals surface area (Å²) in [5, 5.41) is 5.83. The molecule has 2 aromatic carbocycles. The molecule has 9 heteroatoms. The quantitative estimate of drug-likeness (QED) is 0.727. The van der Waals surface area contributed by atoms with Gasteiger partial charge in [0.2, 0.25) is 11.8 Å². The highest BCUT2D eigenvalue weighted by Gasteiger charge is 2.11. The van der Waals surface area contributed by atoms with Crippen LogP contribution in [0.3, 0.4) is 0 Å². The minimum atomic E-state index is -1.07. The highest BCUT2D eigenvalue weighted by Crippen LogP contribution is 2.19. The lowest BCUT2D eigenvalue weighted by atomic mass is 10.2. The number of rotatable bonds is 7. The second-order valence-corrected chi connectivity index (χ2v) is 6.78. The number of carbonyl (C=O) groups is 2. The average molecular weight is 416 g/mol. The summed E-state index contributed by atoms with van der Waals surface area (Å²) >= 11 is 11.9. The van der Waals surface area contributed by atoms with E-state index in [0.29, 0.717) is 16.6 Å². The van der Waals surface area contributed by atoms with E-state index in [4.69, 9.17) is 23.2 Å². The van der Waals surface area contributed by atoms with Crippen molar-refractivity contribution in [3.05, 3.63) is 63.6 Å². The lowest BCUT2D eigenvalue weighted by molar-refractivity contribution is -0.124. The molecule has 0 aliphatic rings. The van der Waals surface area contributed by atoms with Crippen molar-refractivity contribution in [2.45, 2.75) is 6.54 Å². The Kier molecular flexibility index (Phi) is 7.53. The van der Waals surface area contributed by atoms with E-state index in [-0.39, 0.29) is 24.7 Å². The zero-order valence-electron chi connectivity index (χ0n) is 14.4. The second-order valence-electron chi connectivity index (χ2n) is 5.90. The fourth-order valence-corrected chi connectivity index (χ4v) is 2.90. The Morgan fingerprint density at radius 1 is 1.00 bits per heavy atom. The first-order valence-electron chi connectivity index (χ1n) is 7.88. The standard InChI is InChI=1S/C18H17Cl2F2N3O2/c1-25(9-11-4-12(19)6-13(20)5-11)10-18(27)23-8-17(26)24-14-2-3-15(21)16(22)7-14/h2-7H,8-10H2,1H3,(H,23,27)(H,24,26). The molecule has 0 saturated heterocycles. The Morgan fingerprint density at radius 3 is 2.30 bits per heavy atom. The summed E-state index contributed by atoms with van der Waals surface area (Å²) < 4.78 is 25.9. The monoisotopic (exact) mass is 415 g/mol. The molecule has 0 aromatic heterocycles. The fraction of sp³-hybridized carbons (Fsp3) is 0.222. The van der Waals surface area contributed by atoms with Crippen molar-refractivity contribution in [3.63, 3.8) is 0 Å². The van der Waals surface area contributed by atoms with E-state index < -0.39 is 17.5 Å². The Labute approximate surface area is 165 Å². The number of halogens is 4. The minimum Gasteiger partial charge on any atom is -0.346 e. The first-order chi connectivity index (χ1) is 12.7. The highest BCUT2D eigenvalue weighted by atomic mass is 35.5. The zero-order chi connectivity index (χ0) is 20.0. The number of anilines is 1. The van der Waals surface area contributed by atoms with Crippen molar-refractivity contribution < 1.29 is 18.4 Å². The van der Waals surface area contributed by atoms with Crippen LogP contribution in [0.25, 0.3) is 0 Å². The van der Waals surface area contributed by atoms with Gasteiger partial charge in [0.15, 0.2) is 11.6 Å². The van der Waals surface area contributed by atoms with Crippen molar-refractivity contribution in [2.75, 3.05) is 25.5 Å². The lowest BCUT2D eigenvalue weighted by Crippen LogP contribution is -2.39. The van der Waals surface area contributed by atoms with Gasteiger partial charge in [0.25, 0.3) is 0 Å². The maximum absolute atomic E-state index is 13.1. The predicted octanol–water partition coefficient (Wildman–Crippen LogP) is 3.46. The van der Waals surface area contributed by atoms with E-state index in [1.54, 1.807) is 30.1 Å². The molecule has 0 radical (unpaired) electrons. The van der Waals surface area contributed by atoms with Crippen LogP contribution in [-0.4, -0.2) is 36.9 Å². The summed E-state index contributed by atoms with van der Waals surface area (Å²) in [5.41, 5.74) is 0.946. The first-order valence-corrected chi connectivity index (χ1v) is 8.63. The van der Waals surface area contributed by atoms with Crippen LogP contribution in [0.2, 0.25) is 10.0 Å². The van der Waals surface area contributed by atoms with Crippen LogP contribution < -0.4 is 10.6 Å². The smallest absolute Gasteiger partial charge is 0.243 e. The maximum atomic E-state index is 13.1. The molecular formula is C18H17Cl2F2N3O2. The van der Waals surface area contributed by atoms with Crippen molar-refractivity contribution in [1.29, 1.82) is 0 Å². The Bertz CT molecular complexity index is 829. The fourth-order valence-electron chi connectivity index (χ4n) is 2.33. The van der Waals surface area contributed by atoms with Crippen molar-refractivity contribution >= 4 is 40.7 Å². The van der Waals surface area contributed by atoms with Crippen LogP contribution in [0.4, 0.5) is 14.5 Å². The van der Waals surface area contributed by atoms with Gasteiger partial charge in [0, 0.05) is 28.3 Å². The topological polar surface area (TPSA) is 61.4 Å². The van der Waals surface area contributed by atoms with E-state index in [1.165, 1.54) is 6.07 Å². The van der Waals surface area contributed by atoms with E-state index >= 15 is 0 Å². The molecule has 0 heterocycles. The number of hydrogen-bond acceptors (Lipinski definition) is 3. The van der Waals surface area contributed by atoms with E-state index in [9.17, 15) is 18.4 Å². The zero-order valence-corrected chi connectivity index (χ0v) is 15.9. The average Bonchev–Trinajstić information content (AvgIpc) is 2.55. The maximum Gasteiger partial charge on any atom is 0.243 e. The Hall–Kier alpha value is -2.22. The van der Waals surface area contributed by atoms with Gasteiger partial charge in [0.05, 0.1) is 13.1 Å². The van der Waals surface area contributed by atoms with E-state index in [1.807, 2.05) is 0 Å². The van der Waals surface area contributed by atoms with Gasteiger partial charge in [-0.3, -0.25) is 14.5 Å². The number of nitrogens with zero attached hydrogens (tertiary/aromatic N) is 1. The van der Waals surface area contributed by atoms with Crippen LogP contribution in [-0.2, 0) is 16.1 Å². The molecular weight excluding hydrogens is 399 g/mol. The number of benzene rings is 2.